The first kappa shape index (κ1) is 9.31. The summed E-state index contributed by atoms with van der Waals surface area (Å²) in [7, 11) is 0. The summed E-state index contributed by atoms with van der Waals surface area (Å²) >= 11 is 0. The lowest BCUT2D eigenvalue weighted by Gasteiger charge is -2.21. The van der Waals surface area contributed by atoms with Gasteiger partial charge in [0.2, 0.25) is 0 Å². The highest BCUT2D eigenvalue weighted by atomic mass is 15.2. The zero-order valence-corrected chi connectivity index (χ0v) is 8.45. The first-order valence-electron chi connectivity index (χ1n) is 5.33. The van der Waals surface area contributed by atoms with Crippen molar-refractivity contribution in [3.05, 3.63) is 18.3 Å². The Morgan fingerprint density at radius 2 is 1.86 bits per heavy atom. The number of hydrogen-bond donors (Lipinski definition) is 1. The highest BCUT2D eigenvalue weighted by Crippen LogP contribution is 2.18. The fraction of sp³-hybridized carbons (Fsp3) is 0.545. The standard InChI is InChI=1S/C11H17N3/c12-10-5-6-13-11(9-10)14-7-3-1-2-4-8-14/h5-6,9H,1-4,7-8H2,(H2,12,13). The Balaban J connectivity index is 2.12. The van der Waals surface area contributed by atoms with Crippen molar-refractivity contribution in [1.29, 1.82) is 0 Å². The van der Waals surface area contributed by atoms with Crippen LogP contribution in [0.4, 0.5) is 11.5 Å². The van der Waals surface area contributed by atoms with Crippen molar-refractivity contribution >= 4 is 11.5 Å². The van der Waals surface area contributed by atoms with Crippen molar-refractivity contribution in [3.8, 4) is 0 Å². The highest BCUT2D eigenvalue weighted by molar-refractivity contribution is 5.50. The number of hydrogen-bond acceptors (Lipinski definition) is 3. The highest BCUT2D eigenvalue weighted by Gasteiger charge is 2.10. The molecule has 76 valence electrons. The van der Waals surface area contributed by atoms with Crippen molar-refractivity contribution in [2.45, 2.75) is 25.7 Å². The van der Waals surface area contributed by atoms with E-state index in [1.54, 1.807) is 6.20 Å². The van der Waals surface area contributed by atoms with Gasteiger partial charge in [-0.25, -0.2) is 4.98 Å². The van der Waals surface area contributed by atoms with Gasteiger partial charge in [-0.15, -0.1) is 0 Å². The van der Waals surface area contributed by atoms with Crippen LogP contribution in [0.1, 0.15) is 25.7 Å². The number of anilines is 2. The lowest BCUT2D eigenvalue weighted by molar-refractivity contribution is 0.726. The maximum atomic E-state index is 5.74. The molecule has 0 aromatic carbocycles. The van der Waals surface area contributed by atoms with Crippen molar-refractivity contribution < 1.29 is 0 Å². The average molecular weight is 191 g/mol. The van der Waals surface area contributed by atoms with Crippen LogP contribution in [0.3, 0.4) is 0 Å². The molecule has 1 aliphatic rings. The third-order valence-corrected chi connectivity index (χ3v) is 2.70. The number of aromatic nitrogens is 1. The Bertz CT molecular complexity index is 290. The molecule has 0 aliphatic carbocycles. The number of pyridine rings is 1. The minimum Gasteiger partial charge on any atom is -0.399 e. The second kappa shape index (κ2) is 4.31. The Labute approximate surface area is 84.9 Å². The van der Waals surface area contributed by atoms with Gasteiger partial charge in [0, 0.05) is 31.0 Å². The number of rotatable bonds is 1. The molecular weight excluding hydrogens is 174 g/mol. The molecule has 2 heterocycles. The van der Waals surface area contributed by atoms with Gasteiger partial charge < -0.3 is 10.6 Å². The van der Waals surface area contributed by atoms with E-state index in [1.807, 2.05) is 12.1 Å². The molecule has 1 aromatic heterocycles. The van der Waals surface area contributed by atoms with E-state index in [-0.39, 0.29) is 0 Å². The third-order valence-electron chi connectivity index (χ3n) is 2.70. The largest absolute Gasteiger partial charge is 0.399 e. The minimum absolute atomic E-state index is 0.805. The van der Waals surface area contributed by atoms with E-state index < -0.39 is 0 Å². The van der Waals surface area contributed by atoms with Crippen LogP contribution in [-0.2, 0) is 0 Å². The van der Waals surface area contributed by atoms with E-state index >= 15 is 0 Å². The van der Waals surface area contributed by atoms with Gasteiger partial charge in [0.15, 0.2) is 0 Å². The molecule has 3 heteroatoms. The Morgan fingerprint density at radius 1 is 1.14 bits per heavy atom. The van der Waals surface area contributed by atoms with Crippen LogP contribution < -0.4 is 10.6 Å². The first-order valence-corrected chi connectivity index (χ1v) is 5.33. The van der Waals surface area contributed by atoms with E-state index in [0.29, 0.717) is 0 Å². The number of nitrogen functional groups attached to an aromatic ring is 1. The van der Waals surface area contributed by atoms with Crippen LogP contribution in [0.5, 0.6) is 0 Å². The molecule has 0 saturated carbocycles. The van der Waals surface area contributed by atoms with Gasteiger partial charge in [-0.3, -0.25) is 0 Å². The van der Waals surface area contributed by atoms with Crippen LogP contribution in [0.15, 0.2) is 18.3 Å². The van der Waals surface area contributed by atoms with E-state index in [0.717, 1.165) is 24.6 Å². The normalized spacial score (nSPS) is 17.9. The van der Waals surface area contributed by atoms with E-state index in [9.17, 15) is 0 Å². The number of nitrogens with zero attached hydrogens (tertiary/aromatic N) is 2. The van der Waals surface area contributed by atoms with Crippen molar-refractivity contribution in [2.75, 3.05) is 23.7 Å². The molecule has 3 nitrogen and oxygen atoms in total. The summed E-state index contributed by atoms with van der Waals surface area (Å²) in [6.07, 6.45) is 7.03. The lowest BCUT2D eigenvalue weighted by atomic mass is 10.2. The second-order valence-electron chi connectivity index (χ2n) is 3.85. The molecule has 2 rings (SSSR count). The van der Waals surface area contributed by atoms with Crippen LogP contribution in [0.2, 0.25) is 0 Å². The van der Waals surface area contributed by atoms with Gasteiger partial charge in [0.1, 0.15) is 5.82 Å². The molecule has 1 saturated heterocycles. The SMILES string of the molecule is Nc1ccnc(N2CCCCCC2)c1. The summed E-state index contributed by atoms with van der Waals surface area (Å²) in [5.74, 6) is 1.03. The van der Waals surface area contributed by atoms with Gasteiger partial charge in [-0.1, -0.05) is 12.8 Å². The quantitative estimate of drug-likeness (QED) is 0.738. The van der Waals surface area contributed by atoms with Crippen molar-refractivity contribution in [2.24, 2.45) is 0 Å². The fourth-order valence-corrected chi connectivity index (χ4v) is 1.91. The molecule has 1 aromatic rings. The molecule has 1 aliphatic heterocycles. The smallest absolute Gasteiger partial charge is 0.130 e. The summed E-state index contributed by atoms with van der Waals surface area (Å²) in [6, 6.07) is 3.80. The van der Waals surface area contributed by atoms with E-state index in [4.69, 9.17) is 5.73 Å². The third kappa shape index (κ3) is 2.16. The fourth-order valence-electron chi connectivity index (χ4n) is 1.91. The van der Waals surface area contributed by atoms with Gasteiger partial charge in [0.25, 0.3) is 0 Å². The maximum absolute atomic E-state index is 5.74. The van der Waals surface area contributed by atoms with E-state index in [1.165, 1.54) is 25.7 Å². The molecule has 0 unspecified atom stereocenters. The molecule has 0 bridgehead atoms. The monoisotopic (exact) mass is 191 g/mol. The number of nitrogens with two attached hydrogens (primary N) is 1. The second-order valence-corrected chi connectivity index (χ2v) is 3.85. The predicted octanol–water partition coefficient (Wildman–Crippen LogP) is 2.04. The van der Waals surface area contributed by atoms with Crippen LogP contribution in [-0.4, -0.2) is 18.1 Å². The summed E-state index contributed by atoms with van der Waals surface area (Å²) in [5, 5.41) is 0. The summed E-state index contributed by atoms with van der Waals surface area (Å²) < 4.78 is 0. The summed E-state index contributed by atoms with van der Waals surface area (Å²) in [6.45, 7) is 2.24. The van der Waals surface area contributed by atoms with Crippen LogP contribution in [0.25, 0.3) is 0 Å². The van der Waals surface area contributed by atoms with Gasteiger partial charge in [-0.05, 0) is 18.9 Å². The Kier molecular flexibility index (Phi) is 2.87. The Morgan fingerprint density at radius 3 is 2.50 bits per heavy atom. The molecule has 1 fully saturated rings. The maximum Gasteiger partial charge on any atom is 0.130 e. The molecule has 0 spiro atoms. The van der Waals surface area contributed by atoms with Gasteiger partial charge in [0.05, 0.1) is 0 Å². The van der Waals surface area contributed by atoms with E-state index in [2.05, 4.69) is 9.88 Å². The average Bonchev–Trinajstić information content (AvgIpc) is 2.45. The molecule has 0 atom stereocenters. The topological polar surface area (TPSA) is 42.1 Å². The molecule has 14 heavy (non-hydrogen) atoms. The lowest BCUT2D eigenvalue weighted by Crippen LogP contribution is -2.24. The minimum atomic E-state index is 0.805. The first-order chi connectivity index (χ1) is 6.86. The van der Waals surface area contributed by atoms with Gasteiger partial charge >= 0.3 is 0 Å². The molecular formula is C11H17N3. The molecule has 2 N–H and O–H groups in total. The Hall–Kier alpha value is -1.25. The predicted molar refractivity (Wildman–Crippen MR) is 59.3 cm³/mol. The zero-order valence-electron chi connectivity index (χ0n) is 8.45. The van der Waals surface area contributed by atoms with Gasteiger partial charge in [-0.2, -0.15) is 0 Å². The summed E-state index contributed by atoms with van der Waals surface area (Å²) in [5.41, 5.74) is 6.54. The van der Waals surface area contributed by atoms with Crippen molar-refractivity contribution in [3.63, 3.8) is 0 Å². The zero-order chi connectivity index (χ0) is 9.80. The van der Waals surface area contributed by atoms with Crippen LogP contribution in [0, 0.1) is 0 Å². The van der Waals surface area contributed by atoms with Crippen molar-refractivity contribution in [1.82, 2.24) is 4.98 Å². The molecule has 0 radical (unpaired) electrons. The summed E-state index contributed by atoms with van der Waals surface area (Å²) in [4.78, 5) is 6.69. The van der Waals surface area contributed by atoms with Crippen LogP contribution >= 0.6 is 0 Å². The molecule has 0 amide bonds.